The molecule has 1 heterocycles. The van der Waals surface area contributed by atoms with E-state index in [4.69, 9.17) is 0 Å². The summed E-state index contributed by atoms with van der Waals surface area (Å²) in [6.07, 6.45) is 4.78. The Morgan fingerprint density at radius 3 is 1.32 bits per heavy atom. The number of anilines is 2. The van der Waals surface area contributed by atoms with Gasteiger partial charge in [-0.25, -0.2) is 0 Å². The zero-order valence-electron chi connectivity index (χ0n) is 15.2. The number of hydrogen-bond acceptors (Lipinski definition) is 4. The zero-order chi connectivity index (χ0) is 16.5. The molecular weight excluding hydrogens is 272 g/mol. The minimum atomic E-state index is 0.431. The molecule has 0 spiro atoms. The van der Waals surface area contributed by atoms with E-state index in [0.29, 0.717) is 12.1 Å². The van der Waals surface area contributed by atoms with Crippen LogP contribution in [0.4, 0.5) is 11.6 Å². The molecule has 22 heavy (non-hydrogen) atoms. The summed E-state index contributed by atoms with van der Waals surface area (Å²) in [6, 6.07) is 4.88. The number of nitrogens with zero attached hydrogens (tertiary/aromatic N) is 2. The molecule has 1 rings (SSSR count). The fraction of sp³-hybridized carbons (Fsp3) is 0.778. The maximum Gasteiger partial charge on any atom is 0.149 e. The Kier molecular flexibility index (Phi) is 8.21. The van der Waals surface area contributed by atoms with Gasteiger partial charge in [-0.1, -0.05) is 27.7 Å². The van der Waals surface area contributed by atoms with E-state index in [-0.39, 0.29) is 0 Å². The van der Waals surface area contributed by atoms with E-state index in [0.717, 1.165) is 36.3 Å². The van der Waals surface area contributed by atoms with Crippen LogP contribution < -0.4 is 10.6 Å². The van der Waals surface area contributed by atoms with E-state index < -0.39 is 0 Å². The summed E-state index contributed by atoms with van der Waals surface area (Å²) in [5.41, 5.74) is 0. The zero-order valence-corrected chi connectivity index (χ0v) is 15.2. The van der Waals surface area contributed by atoms with Crippen LogP contribution in [-0.4, -0.2) is 22.3 Å². The van der Waals surface area contributed by atoms with Gasteiger partial charge in [-0.3, -0.25) is 0 Å². The van der Waals surface area contributed by atoms with Gasteiger partial charge in [0, 0.05) is 12.1 Å². The molecule has 2 N–H and O–H groups in total. The van der Waals surface area contributed by atoms with Crippen LogP contribution in [0, 0.1) is 11.8 Å². The van der Waals surface area contributed by atoms with E-state index in [1.165, 1.54) is 12.8 Å². The van der Waals surface area contributed by atoms with Gasteiger partial charge < -0.3 is 10.6 Å². The monoisotopic (exact) mass is 306 g/mol. The third-order valence-electron chi connectivity index (χ3n) is 3.81. The predicted octanol–water partition coefficient (Wildman–Crippen LogP) is 4.95. The Bertz CT molecular complexity index is 361. The predicted molar refractivity (Wildman–Crippen MR) is 96.3 cm³/mol. The van der Waals surface area contributed by atoms with Crippen LogP contribution in [0.15, 0.2) is 12.1 Å². The van der Waals surface area contributed by atoms with Gasteiger partial charge in [-0.2, -0.15) is 0 Å². The lowest BCUT2D eigenvalue weighted by Crippen LogP contribution is -2.19. The fourth-order valence-electron chi connectivity index (χ4n) is 2.30. The number of aromatic nitrogens is 2. The summed E-state index contributed by atoms with van der Waals surface area (Å²) >= 11 is 0. The quantitative estimate of drug-likeness (QED) is 0.642. The SMILES string of the molecule is CC(C)CCC(C)Nc1ccc(NC(C)CCC(C)C)nn1. The van der Waals surface area contributed by atoms with Crippen molar-refractivity contribution in [3.63, 3.8) is 0 Å². The molecule has 2 unspecified atom stereocenters. The lowest BCUT2D eigenvalue weighted by Gasteiger charge is -2.17. The summed E-state index contributed by atoms with van der Waals surface area (Å²) in [5, 5.41) is 15.4. The minimum absolute atomic E-state index is 0.431. The van der Waals surface area contributed by atoms with Crippen molar-refractivity contribution in [1.82, 2.24) is 10.2 Å². The second-order valence-corrected chi connectivity index (χ2v) is 7.34. The van der Waals surface area contributed by atoms with Crippen molar-refractivity contribution in [3.05, 3.63) is 12.1 Å². The van der Waals surface area contributed by atoms with E-state index in [1.807, 2.05) is 12.1 Å². The normalized spacial score (nSPS) is 14.2. The Hall–Kier alpha value is -1.32. The third-order valence-corrected chi connectivity index (χ3v) is 3.81. The van der Waals surface area contributed by atoms with Crippen molar-refractivity contribution in [2.24, 2.45) is 11.8 Å². The molecule has 0 fully saturated rings. The van der Waals surface area contributed by atoms with Crippen LogP contribution in [-0.2, 0) is 0 Å². The van der Waals surface area contributed by atoms with E-state index in [1.54, 1.807) is 0 Å². The summed E-state index contributed by atoms with van der Waals surface area (Å²) < 4.78 is 0. The summed E-state index contributed by atoms with van der Waals surface area (Å²) in [6.45, 7) is 13.4. The molecule has 0 bridgehead atoms. The average Bonchev–Trinajstić information content (AvgIpc) is 2.45. The van der Waals surface area contributed by atoms with Crippen molar-refractivity contribution in [1.29, 1.82) is 0 Å². The Morgan fingerprint density at radius 2 is 1.05 bits per heavy atom. The maximum atomic E-state index is 4.27. The fourth-order valence-corrected chi connectivity index (χ4v) is 2.30. The molecule has 0 aliphatic heterocycles. The Balaban J connectivity index is 2.39. The van der Waals surface area contributed by atoms with Gasteiger partial charge in [0.25, 0.3) is 0 Å². The third kappa shape index (κ3) is 8.20. The smallest absolute Gasteiger partial charge is 0.149 e. The molecule has 1 aromatic rings. The van der Waals surface area contributed by atoms with E-state index >= 15 is 0 Å². The minimum Gasteiger partial charge on any atom is -0.366 e. The molecule has 0 saturated carbocycles. The Labute approximate surface area is 136 Å². The molecule has 0 amide bonds. The molecule has 126 valence electrons. The number of nitrogens with one attached hydrogen (secondary N) is 2. The average molecular weight is 306 g/mol. The second-order valence-electron chi connectivity index (χ2n) is 7.34. The summed E-state index contributed by atoms with van der Waals surface area (Å²) in [5.74, 6) is 3.21. The van der Waals surface area contributed by atoms with Gasteiger partial charge in [0.2, 0.25) is 0 Å². The number of hydrogen-bond donors (Lipinski definition) is 2. The van der Waals surface area contributed by atoms with E-state index in [9.17, 15) is 0 Å². The van der Waals surface area contributed by atoms with Crippen molar-refractivity contribution < 1.29 is 0 Å². The van der Waals surface area contributed by atoms with Gasteiger partial charge in [0.1, 0.15) is 11.6 Å². The molecule has 0 aliphatic carbocycles. The number of rotatable bonds is 10. The largest absolute Gasteiger partial charge is 0.366 e. The lowest BCUT2D eigenvalue weighted by atomic mass is 10.0. The van der Waals surface area contributed by atoms with Crippen molar-refractivity contribution in [2.45, 2.75) is 79.3 Å². The highest BCUT2D eigenvalue weighted by molar-refractivity contribution is 5.42. The van der Waals surface area contributed by atoms with E-state index in [2.05, 4.69) is 62.4 Å². The van der Waals surface area contributed by atoms with Crippen molar-refractivity contribution in [3.8, 4) is 0 Å². The molecule has 0 saturated heterocycles. The van der Waals surface area contributed by atoms with Crippen LogP contribution in [0.2, 0.25) is 0 Å². The Morgan fingerprint density at radius 1 is 0.682 bits per heavy atom. The molecule has 1 aromatic heterocycles. The molecule has 4 heteroatoms. The summed E-state index contributed by atoms with van der Waals surface area (Å²) in [4.78, 5) is 0. The highest BCUT2D eigenvalue weighted by Crippen LogP contribution is 2.14. The molecule has 4 nitrogen and oxygen atoms in total. The van der Waals surface area contributed by atoms with Gasteiger partial charge in [-0.05, 0) is 63.5 Å². The first-order valence-corrected chi connectivity index (χ1v) is 8.73. The standard InChI is InChI=1S/C18H34N4/c1-13(2)7-9-15(5)19-17-11-12-18(22-21-17)20-16(6)10-8-14(3)4/h11-16H,7-10H2,1-6H3,(H,19,21)(H,20,22). The van der Waals surface area contributed by atoms with Gasteiger partial charge in [-0.15, -0.1) is 10.2 Å². The topological polar surface area (TPSA) is 49.8 Å². The molecule has 0 radical (unpaired) electrons. The molecular formula is C18H34N4. The van der Waals surface area contributed by atoms with Crippen LogP contribution in [0.5, 0.6) is 0 Å². The van der Waals surface area contributed by atoms with Gasteiger partial charge >= 0.3 is 0 Å². The lowest BCUT2D eigenvalue weighted by molar-refractivity contribution is 0.525. The van der Waals surface area contributed by atoms with Gasteiger partial charge in [0.15, 0.2) is 0 Å². The molecule has 0 aliphatic rings. The highest BCUT2D eigenvalue weighted by atomic mass is 15.2. The summed E-state index contributed by atoms with van der Waals surface area (Å²) in [7, 11) is 0. The van der Waals surface area contributed by atoms with Crippen LogP contribution in [0.3, 0.4) is 0 Å². The molecule has 0 aromatic carbocycles. The van der Waals surface area contributed by atoms with Crippen molar-refractivity contribution >= 4 is 11.6 Å². The maximum absolute atomic E-state index is 4.27. The first-order chi connectivity index (χ1) is 10.4. The second kappa shape index (κ2) is 9.65. The highest BCUT2D eigenvalue weighted by Gasteiger charge is 2.07. The van der Waals surface area contributed by atoms with Crippen molar-refractivity contribution in [2.75, 3.05) is 10.6 Å². The van der Waals surface area contributed by atoms with Crippen LogP contribution in [0.1, 0.15) is 67.2 Å². The van der Waals surface area contributed by atoms with Crippen LogP contribution >= 0.6 is 0 Å². The van der Waals surface area contributed by atoms with Gasteiger partial charge in [0.05, 0.1) is 0 Å². The first kappa shape index (κ1) is 18.7. The first-order valence-electron chi connectivity index (χ1n) is 8.73. The van der Waals surface area contributed by atoms with Crippen LogP contribution in [0.25, 0.3) is 0 Å². The molecule has 2 atom stereocenters.